The van der Waals surface area contributed by atoms with Crippen LogP contribution in [-0.4, -0.2) is 21.0 Å². The molecule has 2 heterocycles. The lowest BCUT2D eigenvalue weighted by Crippen LogP contribution is -2.32. The summed E-state index contributed by atoms with van der Waals surface area (Å²) in [6.45, 7) is 1.73. The Bertz CT molecular complexity index is 1040. The number of benzene rings is 1. The molecular formula is C17H14F3N3O2S2. The van der Waals surface area contributed by atoms with Crippen LogP contribution < -0.4 is 10.9 Å². The molecule has 1 aromatic carbocycles. The van der Waals surface area contributed by atoms with Crippen LogP contribution in [0.1, 0.15) is 28.4 Å². The normalized spacial score (nSPS) is 11.7. The van der Waals surface area contributed by atoms with Gasteiger partial charge in [-0.2, -0.15) is 13.2 Å². The Hall–Kier alpha value is -2.33. The van der Waals surface area contributed by atoms with E-state index in [0.29, 0.717) is 15.7 Å². The summed E-state index contributed by atoms with van der Waals surface area (Å²) in [5.41, 5.74) is -1.12. The van der Waals surface area contributed by atoms with Gasteiger partial charge in [0.05, 0.1) is 5.56 Å². The summed E-state index contributed by atoms with van der Waals surface area (Å²) in [5, 5.41) is 4.52. The van der Waals surface area contributed by atoms with Crippen LogP contribution in [0.15, 0.2) is 45.7 Å². The van der Waals surface area contributed by atoms with Gasteiger partial charge >= 0.3 is 6.18 Å². The fourth-order valence-electron chi connectivity index (χ4n) is 2.43. The summed E-state index contributed by atoms with van der Waals surface area (Å²) >= 11 is 2.54. The molecule has 0 aliphatic rings. The van der Waals surface area contributed by atoms with E-state index in [1.165, 1.54) is 45.8 Å². The Morgan fingerprint density at radius 1 is 1.37 bits per heavy atom. The highest BCUT2D eigenvalue weighted by atomic mass is 32.2. The summed E-state index contributed by atoms with van der Waals surface area (Å²) in [7, 11) is 0. The maximum absolute atomic E-state index is 12.8. The second-order valence-corrected chi connectivity index (χ2v) is 7.59. The van der Waals surface area contributed by atoms with Crippen molar-refractivity contribution >= 4 is 34.0 Å². The first kappa shape index (κ1) is 19.4. The Morgan fingerprint density at radius 2 is 2.15 bits per heavy atom. The lowest BCUT2D eigenvalue weighted by atomic mass is 10.1. The van der Waals surface area contributed by atoms with Gasteiger partial charge < -0.3 is 5.32 Å². The van der Waals surface area contributed by atoms with Crippen LogP contribution in [0.25, 0.3) is 4.96 Å². The highest BCUT2D eigenvalue weighted by Gasteiger charge is 2.30. The molecule has 0 spiro atoms. The Labute approximate surface area is 160 Å². The summed E-state index contributed by atoms with van der Waals surface area (Å²) < 4.78 is 39.7. The van der Waals surface area contributed by atoms with Gasteiger partial charge in [0.2, 0.25) is 0 Å². The fraction of sp³-hybridized carbons (Fsp3) is 0.235. The highest BCUT2D eigenvalue weighted by Crippen LogP contribution is 2.29. The number of fused-ring (bicyclic) bond motifs is 1. The van der Waals surface area contributed by atoms with Gasteiger partial charge in [-0.3, -0.25) is 14.0 Å². The Morgan fingerprint density at radius 3 is 2.85 bits per heavy atom. The van der Waals surface area contributed by atoms with Crippen molar-refractivity contribution in [1.82, 2.24) is 14.7 Å². The topological polar surface area (TPSA) is 63.5 Å². The first-order chi connectivity index (χ1) is 12.8. The minimum Gasteiger partial charge on any atom is -0.348 e. The zero-order valence-corrected chi connectivity index (χ0v) is 15.7. The fourth-order valence-corrected chi connectivity index (χ4v) is 3.94. The van der Waals surface area contributed by atoms with Gasteiger partial charge in [0.15, 0.2) is 4.96 Å². The molecule has 0 bridgehead atoms. The molecule has 0 saturated carbocycles. The summed E-state index contributed by atoms with van der Waals surface area (Å²) in [5.74, 6) is -0.0523. The average molecular weight is 413 g/mol. The number of nitrogens with zero attached hydrogens (tertiary/aromatic N) is 2. The first-order valence-corrected chi connectivity index (χ1v) is 9.74. The van der Waals surface area contributed by atoms with Crippen molar-refractivity contribution in [2.45, 2.75) is 24.7 Å². The summed E-state index contributed by atoms with van der Waals surface area (Å²) in [4.78, 5) is 30.0. The van der Waals surface area contributed by atoms with E-state index in [1.807, 2.05) is 6.92 Å². The predicted octanol–water partition coefficient (Wildman–Crippen LogP) is 3.82. The monoisotopic (exact) mass is 413 g/mol. The standard InChI is InChI=1S/C17H14F3N3O2S2/c1-2-26-14-12(15(25)23-6-7-27-16(23)22-14)13(24)21-9-10-4-3-5-11(8-10)17(18,19)20/h3-8H,2,9H2,1H3,(H,21,24). The quantitative estimate of drug-likeness (QED) is 0.510. The molecule has 0 radical (unpaired) electrons. The summed E-state index contributed by atoms with van der Waals surface area (Å²) in [6.07, 6.45) is -2.93. The van der Waals surface area contributed by atoms with E-state index in [2.05, 4.69) is 10.3 Å². The van der Waals surface area contributed by atoms with E-state index in [4.69, 9.17) is 0 Å². The lowest BCUT2D eigenvalue weighted by molar-refractivity contribution is -0.137. The number of amides is 1. The number of aromatic nitrogens is 2. The molecule has 1 N–H and O–H groups in total. The van der Waals surface area contributed by atoms with E-state index in [1.54, 1.807) is 5.38 Å². The molecule has 0 fully saturated rings. The molecule has 10 heteroatoms. The minimum atomic E-state index is -4.46. The number of thioether (sulfide) groups is 1. The predicted molar refractivity (Wildman–Crippen MR) is 98.4 cm³/mol. The summed E-state index contributed by atoms with van der Waals surface area (Å²) in [6, 6.07) is 4.68. The van der Waals surface area contributed by atoms with Crippen LogP contribution in [0.5, 0.6) is 0 Å². The number of alkyl halides is 3. The number of halogens is 3. The lowest BCUT2D eigenvalue weighted by Gasteiger charge is -2.11. The molecular weight excluding hydrogens is 399 g/mol. The molecule has 0 aliphatic heterocycles. The Kier molecular flexibility index (Phi) is 5.56. The van der Waals surface area contributed by atoms with Crippen molar-refractivity contribution in [1.29, 1.82) is 0 Å². The number of hydrogen-bond donors (Lipinski definition) is 1. The molecule has 3 aromatic rings. The van der Waals surface area contributed by atoms with Crippen molar-refractivity contribution in [3.05, 3.63) is 62.9 Å². The zero-order valence-electron chi connectivity index (χ0n) is 14.0. The number of carbonyl (C=O) groups is 1. The van der Waals surface area contributed by atoms with Gasteiger partial charge in [-0.25, -0.2) is 4.98 Å². The third-order valence-electron chi connectivity index (χ3n) is 3.65. The molecule has 0 atom stereocenters. The number of nitrogens with one attached hydrogen (secondary N) is 1. The maximum atomic E-state index is 12.8. The van der Waals surface area contributed by atoms with Crippen LogP contribution in [-0.2, 0) is 12.7 Å². The molecule has 1 amide bonds. The van der Waals surface area contributed by atoms with Gasteiger partial charge in [0.25, 0.3) is 11.5 Å². The van der Waals surface area contributed by atoms with Gasteiger partial charge in [0, 0.05) is 18.1 Å². The largest absolute Gasteiger partial charge is 0.416 e. The van der Waals surface area contributed by atoms with E-state index in [9.17, 15) is 22.8 Å². The Balaban J connectivity index is 1.87. The molecule has 3 rings (SSSR count). The second-order valence-electron chi connectivity index (χ2n) is 5.47. The van der Waals surface area contributed by atoms with Crippen LogP contribution in [0.2, 0.25) is 0 Å². The number of thiazole rings is 1. The molecule has 5 nitrogen and oxygen atoms in total. The molecule has 2 aromatic heterocycles. The first-order valence-electron chi connectivity index (χ1n) is 7.88. The third kappa shape index (κ3) is 4.16. The molecule has 0 unspecified atom stereocenters. The van der Waals surface area contributed by atoms with E-state index in [-0.39, 0.29) is 17.7 Å². The number of rotatable bonds is 5. The number of hydrogen-bond acceptors (Lipinski definition) is 5. The molecule has 27 heavy (non-hydrogen) atoms. The van der Waals surface area contributed by atoms with Crippen LogP contribution >= 0.6 is 23.1 Å². The van der Waals surface area contributed by atoms with E-state index in [0.717, 1.165) is 12.1 Å². The van der Waals surface area contributed by atoms with Crippen molar-refractivity contribution < 1.29 is 18.0 Å². The van der Waals surface area contributed by atoms with Gasteiger partial charge in [-0.15, -0.1) is 23.1 Å². The minimum absolute atomic E-state index is 0.107. The highest BCUT2D eigenvalue weighted by molar-refractivity contribution is 7.99. The molecule has 142 valence electrons. The van der Waals surface area contributed by atoms with Crippen LogP contribution in [0.3, 0.4) is 0 Å². The second kappa shape index (κ2) is 7.73. The average Bonchev–Trinajstić information content (AvgIpc) is 3.09. The van der Waals surface area contributed by atoms with Crippen molar-refractivity contribution in [2.75, 3.05) is 5.75 Å². The van der Waals surface area contributed by atoms with Gasteiger partial charge in [-0.05, 0) is 23.4 Å². The van der Waals surface area contributed by atoms with Crippen molar-refractivity contribution in [3.63, 3.8) is 0 Å². The molecule has 0 aliphatic carbocycles. The molecule has 0 saturated heterocycles. The van der Waals surface area contributed by atoms with Crippen LogP contribution in [0, 0.1) is 0 Å². The number of carbonyl (C=O) groups excluding carboxylic acids is 1. The third-order valence-corrected chi connectivity index (χ3v) is 5.26. The van der Waals surface area contributed by atoms with Crippen LogP contribution in [0.4, 0.5) is 13.2 Å². The van der Waals surface area contributed by atoms with Gasteiger partial charge in [-0.1, -0.05) is 19.1 Å². The van der Waals surface area contributed by atoms with E-state index < -0.39 is 23.2 Å². The van der Waals surface area contributed by atoms with Crippen molar-refractivity contribution in [2.24, 2.45) is 0 Å². The zero-order chi connectivity index (χ0) is 19.6. The maximum Gasteiger partial charge on any atom is 0.416 e. The smallest absolute Gasteiger partial charge is 0.348 e. The SMILES string of the molecule is CCSc1nc2sccn2c(=O)c1C(=O)NCc1cccc(C(F)(F)F)c1. The van der Waals surface area contributed by atoms with Gasteiger partial charge in [0.1, 0.15) is 10.6 Å². The van der Waals surface area contributed by atoms with E-state index >= 15 is 0 Å². The van der Waals surface area contributed by atoms with Crippen molar-refractivity contribution in [3.8, 4) is 0 Å².